The van der Waals surface area contributed by atoms with Gasteiger partial charge in [0.2, 0.25) is 5.82 Å². The van der Waals surface area contributed by atoms with Gasteiger partial charge in [-0.05, 0) is 37.8 Å². The maximum atomic E-state index is 13.4. The third-order valence-corrected chi connectivity index (χ3v) is 3.90. The minimum atomic E-state index is -0.916. The molecule has 21 heavy (non-hydrogen) atoms. The monoisotopic (exact) mass is 294 g/mol. The van der Waals surface area contributed by atoms with Crippen LogP contribution in [-0.2, 0) is 0 Å². The Kier molecular flexibility index (Phi) is 4.88. The molecule has 0 N–H and O–H groups in total. The molecule has 1 amide bonds. The van der Waals surface area contributed by atoms with E-state index in [1.54, 1.807) is 4.90 Å². The first-order chi connectivity index (χ1) is 10.0. The Morgan fingerprint density at radius 3 is 2.90 bits per heavy atom. The lowest BCUT2D eigenvalue weighted by molar-refractivity contribution is -0.387. The molecule has 1 aromatic carbocycles. The maximum absolute atomic E-state index is 13.4. The van der Waals surface area contributed by atoms with Crippen LogP contribution in [0.2, 0.25) is 0 Å². The first-order valence-corrected chi connectivity index (χ1v) is 7.29. The Morgan fingerprint density at radius 2 is 2.24 bits per heavy atom. The standard InChI is InChI=1S/C15H19FN2O3/c1-2-5-12-6-3-4-9-17(12)15(19)11-7-8-13(16)14(10-11)18(20)21/h7-8,10,12H,2-6,9H2,1H3. The van der Waals surface area contributed by atoms with Crippen LogP contribution in [0.25, 0.3) is 0 Å². The lowest BCUT2D eigenvalue weighted by Gasteiger charge is -2.35. The Bertz CT molecular complexity index is 546. The largest absolute Gasteiger partial charge is 0.336 e. The highest BCUT2D eigenvalue weighted by Crippen LogP contribution is 2.25. The van der Waals surface area contributed by atoms with Gasteiger partial charge in [0.1, 0.15) is 0 Å². The Balaban J connectivity index is 2.26. The number of nitrogens with zero attached hydrogens (tertiary/aromatic N) is 2. The number of halogens is 1. The summed E-state index contributed by atoms with van der Waals surface area (Å²) < 4.78 is 13.4. The van der Waals surface area contributed by atoms with Gasteiger partial charge in [0.05, 0.1) is 4.92 Å². The summed E-state index contributed by atoms with van der Waals surface area (Å²) in [6, 6.07) is 3.53. The topological polar surface area (TPSA) is 63.5 Å². The molecule has 6 heteroatoms. The van der Waals surface area contributed by atoms with Crippen molar-refractivity contribution in [2.24, 2.45) is 0 Å². The number of carbonyl (C=O) groups is 1. The summed E-state index contributed by atoms with van der Waals surface area (Å²) >= 11 is 0. The van der Waals surface area contributed by atoms with Gasteiger partial charge in [-0.3, -0.25) is 14.9 Å². The number of carbonyl (C=O) groups excluding carboxylic acids is 1. The first-order valence-electron chi connectivity index (χ1n) is 7.29. The molecule has 1 atom stereocenters. The van der Waals surface area contributed by atoms with E-state index in [0.29, 0.717) is 6.54 Å². The predicted molar refractivity (Wildman–Crippen MR) is 76.6 cm³/mol. The van der Waals surface area contributed by atoms with Crippen molar-refractivity contribution in [2.75, 3.05) is 6.54 Å². The van der Waals surface area contributed by atoms with E-state index in [1.807, 2.05) is 0 Å². The van der Waals surface area contributed by atoms with Gasteiger partial charge in [-0.15, -0.1) is 0 Å². The van der Waals surface area contributed by atoms with E-state index < -0.39 is 16.4 Å². The number of piperidine rings is 1. The minimum Gasteiger partial charge on any atom is -0.336 e. The summed E-state index contributed by atoms with van der Waals surface area (Å²) in [5.41, 5.74) is -0.462. The maximum Gasteiger partial charge on any atom is 0.305 e. The van der Waals surface area contributed by atoms with E-state index in [9.17, 15) is 19.3 Å². The van der Waals surface area contributed by atoms with Crippen molar-refractivity contribution in [3.8, 4) is 0 Å². The Labute approximate surface area is 122 Å². The third-order valence-electron chi connectivity index (χ3n) is 3.90. The molecule has 1 saturated heterocycles. The lowest BCUT2D eigenvalue weighted by atomic mass is 9.97. The van der Waals surface area contributed by atoms with Crippen molar-refractivity contribution in [2.45, 2.75) is 45.1 Å². The van der Waals surface area contributed by atoms with Gasteiger partial charge in [-0.25, -0.2) is 0 Å². The second-order valence-corrected chi connectivity index (χ2v) is 5.36. The molecule has 1 aromatic rings. The van der Waals surface area contributed by atoms with E-state index in [2.05, 4.69) is 6.92 Å². The molecule has 1 fully saturated rings. The molecule has 0 aliphatic carbocycles. The summed E-state index contributed by atoms with van der Waals surface area (Å²) in [4.78, 5) is 24.3. The van der Waals surface area contributed by atoms with E-state index in [1.165, 1.54) is 6.07 Å². The van der Waals surface area contributed by atoms with Crippen LogP contribution < -0.4 is 0 Å². The fraction of sp³-hybridized carbons (Fsp3) is 0.533. The van der Waals surface area contributed by atoms with Crippen LogP contribution >= 0.6 is 0 Å². The van der Waals surface area contributed by atoms with Gasteiger partial charge in [0.15, 0.2) is 0 Å². The summed E-state index contributed by atoms with van der Waals surface area (Å²) in [5, 5.41) is 10.8. The second kappa shape index (κ2) is 6.65. The molecule has 1 aliphatic heterocycles. The summed E-state index contributed by atoms with van der Waals surface area (Å²) in [6.45, 7) is 2.73. The number of rotatable bonds is 4. The molecule has 0 radical (unpaired) electrons. The van der Waals surface area contributed by atoms with Crippen LogP contribution in [0.3, 0.4) is 0 Å². The zero-order chi connectivity index (χ0) is 15.4. The second-order valence-electron chi connectivity index (χ2n) is 5.36. The minimum absolute atomic E-state index is 0.181. The molecule has 0 saturated carbocycles. The third kappa shape index (κ3) is 3.37. The van der Waals surface area contributed by atoms with Crippen molar-refractivity contribution in [3.63, 3.8) is 0 Å². The average molecular weight is 294 g/mol. The number of nitro groups is 1. The smallest absolute Gasteiger partial charge is 0.305 e. The quantitative estimate of drug-likeness (QED) is 0.630. The van der Waals surface area contributed by atoms with Gasteiger partial charge in [-0.1, -0.05) is 13.3 Å². The number of hydrogen-bond donors (Lipinski definition) is 0. The van der Waals surface area contributed by atoms with Crippen molar-refractivity contribution in [1.29, 1.82) is 0 Å². The average Bonchev–Trinajstić information content (AvgIpc) is 2.47. The molecular weight excluding hydrogens is 275 g/mol. The summed E-state index contributed by atoms with van der Waals surface area (Å²) in [6.07, 6.45) is 4.91. The van der Waals surface area contributed by atoms with Crippen LogP contribution in [-0.4, -0.2) is 28.3 Å². The van der Waals surface area contributed by atoms with Gasteiger partial charge in [0, 0.05) is 24.2 Å². The van der Waals surface area contributed by atoms with E-state index in [0.717, 1.165) is 44.2 Å². The SMILES string of the molecule is CCCC1CCCCN1C(=O)c1ccc(F)c([N+](=O)[O-])c1. The summed E-state index contributed by atoms with van der Waals surface area (Å²) in [7, 11) is 0. The van der Waals surface area contributed by atoms with Crippen LogP contribution in [0.15, 0.2) is 18.2 Å². The number of benzene rings is 1. The van der Waals surface area contributed by atoms with Crippen LogP contribution in [0.5, 0.6) is 0 Å². The Hall–Kier alpha value is -1.98. The van der Waals surface area contributed by atoms with Gasteiger partial charge in [0.25, 0.3) is 5.91 Å². The van der Waals surface area contributed by atoms with Gasteiger partial charge < -0.3 is 4.90 Å². The van der Waals surface area contributed by atoms with Crippen LogP contribution in [0.1, 0.15) is 49.4 Å². The predicted octanol–water partition coefficient (Wildman–Crippen LogP) is 3.53. The number of amides is 1. The fourth-order valence-electron chi connectivity index (χ4n) is 2.85. The number of likely N-dealkylation sites (tertiary alicyclic amines) is 1. The number of nitro benzene ring substituents is 1. The van der Waals surface area contributed by atoms with Crippen molar-refractivity contribution >= 4 is 11.6 Å². The highest BCUT2D eigenvalue weighted by atomic mass is 19.1. The van der Waals surface area contributed by atoms with E-state index >= 15 is 0 Å². The van der Waals surface area contributed by atoms with Crippen molar-refractivity contribution in [1.82, 2.24) is 4.90 Å². The lowest BCUT2D eigenvalue weighted by Crippen LogP contribution is -2.43. The molecule has 5 nitrogen and oxygen atoms in total. The normalized spacial score (nSPS) is 18.6. The first kappa shape index (κ1) is 15.4. The van der Waals surface area contributed by atoms with Gasteiger partial charge >= 0.3 is 5.69 Å². The zero-order valence-electron chi connectivity index (χ0n) is 12.0. The van der Waals surface area contributed by atoms with Crippen molar-refractivity contribution in [3.05, 3.63) is 39.7 Å². The van der Waals surface area contributed by atoms with Crippen LogP contribution in [0, 0.1) is 15.9 Å². The molecule has 1 aliphatic rings. The highest BCUT2D eigenvalue weighted by Gasteiger charge is 2.28. The van der Waals surface area contributed by atoms with E-state index in [-0.39, 0.29) is 17.5 Å². The Morgan fingerprint density at radius 1 is 1.48 bits per heavy atom. The molecule has 0 aromatic heterocycles. The molecule has 2 rings (SSSR count). The summed E-state index contributed by atoms with van der Waals surface area (Å²) in [5.74, 6) is -1.16. The van der Waals surface area contributed by atoms with E-state index in [4.69, 9.17) is 0 Å². The van der Waals surface area contributed by atoms with Crippen LogP contribution in [0.4, 0.5) is 10.1 Å². The van der Waals surface area contributed by atoms with Crippen molar-refractivity contribution < 1.29 is 14.1 Å². The fourth-order valence-corrected chi connectivity index (χ4v) is 2.85. The number of hydrogen-bond acceptors (Lipinski definition) is 3. The molecule has 1 heterocycles. The molecule has 114 valence electrons. The molecule has 1 unspecified atom stereocenters. The zero-order valence-corrected chi connectivity index (χ0v) is 12.0. The highest BCUT2D eigenvalue weighted by molar-refractivity contribution is 5.95. The molecule has 0 bridgehead atoms. The van der Waals surface area contributed by atoms with Gasteiger partial charge in [-0.2, -0.15) is 4.39 Å². The molecule has 0 spiro atoms. The molecular formula is C15H19FN2O3.